The van der Waals surface area contributed by atoms with Crippen molar-refractivity contribution in [3.8, 4) is 11.4 Å². The fourth-order valence-corrected chi connectivity index (χ4v) is 2.47. The number of nitrogens with one attached hydrogen (secondary N) is 1. The molecule has 2 rings (SSSR count). The summed E-state index contributed by atoms with van der Waals surface area (Å²) in [5.41, 5.74) is 1.07. The molecule has 2 aromatic rings. The summed E-state index contributed by atoms with van der Waals surface area (Å²) in [7, 11) is 0. The Bertz CT molecular complexity index is 479. The topological polar surface area (TPSA) is 41.0 Å². The van der Waals surface area contributed by atoms with Gasteiger partial charge in [-0.3, -0.25) is 0 Å². The van der Waals surface area contributed by atoms with Gasteiger partial charge in [0.2, 0.25) is 5.13 Å². The van der Waals surface area contributed by atoms with Crippen LogP contribution in [0.2, 0.25) is 0 Å². The first-order chi connectivity index (χ1) is 9.33. The molecule has 1 heterocycles. The average molecular weight is 276 g/mol. The van der Waals surface area contributed by atoms with Gasteiger partial charge in [-0.2, -0.15) is 9.36 Å². The first-order valence-corrected chi connectivity index (χ1v) is 7.46. The van der Waals surface area contributed by atoms with Crippen LogP contribution in [-0.2, 0) is 0 Å². The van der Waals surface area contributed by atoms with Crippen molar-refractivity contribution in [2.75, 3.05) is 31.5 Å². The van der Waals surface area contributed by atoms with Gasteiger partial charge in [0.15, 0.2) is 5.82 Å². The van der Waals surface area contributed by atoms with Gasteiger partial charge in [-0.05, 0) is 13.1 Å². The Hall–Kier alpha value is -1.46. The van der Waals surface area contributed by atoms with Gasteiger partial charge in [-0.15, -0.1) is 0 Å². The van der Waals surface area contributed by atoms with Crippen LogP contribution in [0.25, 0.3) is 11.4 Å². The van der Waals surface area contributed by atoms with Gasteiger partial charge >= 0.3 is 0 Å². The third-order valence-corrected chi connectivity index (χ3v) is 3.73. The van der Waals surface area contributed by atoms with E-state index in [0.717, 1.165) is 42.7 Å². The standard InChI is InChI=1S/C14H20N4S/c1-3-18(4-2)11-10-15-14-16-13(17-19-14)12-8-6-5-7-9-12/h5-9H,3-4,10-11H2,1-2H3,(H,15,16,17). The molecule has 0 radical (unpaired) electrons. The minimum absolute atomic E-state index is 0.802. The van der Waals surface area contributed by atoms with Crippen molar-refractivity contribution < 1.29 is 0 Å². The molecule has 0 aliphatic rings. The number of hydrogen-bond acceptors (Lipinski definition) is 5. The lowest BCUT2D eigenvalue weighted by Gasteiger charge is -2.17. The normalized spacial score (nSPS) is 10.9. The smallest absolute Gasteiger partial charge is 0.202 e. The number of likely N-dealkylation sites (N-methyl/N-ethyl adjacent to an activating group) is 1. The lowest BCUT2D eigenvalue weighted by Crippen LogP contribution is -2.28. The van der Waals surface area contributed by atoms with Gasteiger partial charge in [0.25, 0.3) is 0 Å². The van der Waals surface area contributed by atoms with Gasteiger partial charge in [0.1, 0.15) is 0 Å². The van der Waals surface area contributed by atoms with E-state index < -0.39 is 0 Å². The van der Waals surface area contributed by atoms with Crippen molar-refractivity contribution in [3.05, 3.63) is 30.3 Å². The molecule has 0 aliphatic carbocycles. The molecule has 0 aliphatic heterocycles. The predicted molar refractivity (Wildman–Crippen MR) is 81.6 cm³/mol. The van der Waals surface area contributed by atoms with E-state index in [4.69, 9.17) is 0 Å². The number of hydrogen-bond donors (Lipinski definition) is 1. The van der Waals surface area contributed by atoms with Crippen LogP contribution in [0.3, 0.4) is 0 Å². The van der Waals surface area contributed by atoms with Gasteiger partial charge < -0.3 is 10.2 Å². The zero-order chi connectivity index (χ0) is 13.5. The molecule has 0 saturated heterocycles. The molecule has 0 amide bonds. The van der Waals surface area contributed by atoms with Crippen LogP contribution in [-0.4, -0.2) is 40.4 Å². The Morgan fingerprint density at radius 3 is 2.58 bits per heavy atom. The van der Waals surface area contributed by atoms with Crippen LogP contribution in [0.4, 0.5) is 5.13 Å². The molecule has 102 valence electrons. The number of rotatable bonds is 7. The monoisotopic (exact) mass is 276 g/mol. The highest BCUT2D eigenvalue weighted by Gasteiger charge is 2.06. The van der Waals surface area contributed by atoms with Crippen LogP contribution in [0.1, 0.15) is 13.8 Å². The second kappa shape index (κ2) is 7.21. The molecule has 1 N–H and O–H groups in total. The average Bonchev–Trinajstić information content (AvgIpc) is 2.93. The summed E-state index contributed by atoms with van der Waals surface area (Å²) in [6, 6.07) is 10.1. The van der Waals surface area contributed by atoms with E-state index in [-0.39, 0.29) is 0 Å². The molecular formula is C14H20N4S. The predicted octanol–water partition coefficient (Wildman–Crippen LogP) is 2.96. The minimum Gasteiger partial charge on any atom is -0.359 e. The maximum atomic E-state index is 4.51. The number of aromatic nitrogens is 2. The van der Waals surface area contributed by atoms with E-state index in [1.165, 1.54) is 11.5 Å². The Kier molecular flexibility index (Phi) is 5.30. The van der Waals surface area contributed by atoms with Crippen molar-refractivity contribution in [1.29, 1.82) is 0 Å². The van der Waals surface area contributed by atoms with Crippen LogP contribution < -0.4 is 5.32 Å². The van der Waals surface area contributed by atoms with Gasteiger partial charge in [0, 0.05) is 30.2 Å². The summed E-state index contributed by atoms with van der Waals surface area (Å²) in [5.74, 6) is 0.802. The van der Waals surface area contributed by atoms with E-state index >= 15 is 0 Å². The number of anilines is 1. The number of benzene rings is 1. The molecule has 1 aromatic carbocycles. The summed E-state index contributed by atoms with van der Waals surface area (Å²) < 4.78 is 4.38. The molecule has 0 atom stereocenters. The van der Waals surface area contributed by atoms with E-state index in [0.29, 0.717) is 0 Å². The molecular weight excluding hydrogens is 256 g/mol. The maximum Gasteiger partial charge on any atom is 0.202 e. The lowest BCUT2D eigenvalue weighted by atomic mass is 10.2. The summed E-state index contributed by atoms with van der Waals surface area (Å²) in [5, 5.41) is 4.23. The van der Waals surface area contributed by atoms with Crippen molar-refractivity contribution >= 4 is 16.7 Å². The van der Waals surface area contributed by atoms with Crippen LogP contribution >= 0.6 is 11.5 Å². The Balaban J connectivity index is 1.88. The zero-order valence-electron chi connectivity index (χ0n) is 11.5. The van der Waals surface area contributed by atoms with E-state index in [9.17, 15) is 0 Å². The summed E-state index contributed by atoms with van der Waals surface area (Å²) >= 11 is 1.42. The second-order valence-electron chi connectivity index (χ2n) is 4.24. The third-order valence-electron chi connectivity index (χ3n) is 3.06. The molecule has 4 nitrogen and oxygen atoms in total. The second-order valence-corrected chi connectivity index (χ2v) is 4.99. The quantitative estimate of drug-likeness (QED) is 0.844. The van der Waals surface area contributed by atoms with E-state index in [1.54, 1.807) is 0 Å². The first kappa shape index (κ1) is 14.0. The van der Waals surface area contributed by atoms with Crippen LogP contribution in [0.5, 0.6) is 0 Å². The Morgan fingerprint density at radius 1 is 1.16 bits per heavy atom. The Morgan fingerprint density at radius 2 is 1.89 bits per heavy atom. The molecule has 0 spiro atoms. The highest BCUT2D eigenvalue weighted by molar-refractivity contribution is 7.09. The third kappa shape index (κ3) is 4.01. The molecule has 0 fully saturated rings. The number of nitrogens with zero attached hydrogens (tertiary/aromatic N) is 3. The van der Waals surface area contributed by atoms with Crippen molar-refractivity contribution in [2.24, 2.45) is 0 Å². The maximum absolute atomic E-state index is 4.51. The largest absolute Gasteiger partial charge is 0.359 e. The van der Waals surface area contributed by atoms with Gasteiger partial charge in [0.05, 0.1) is 0 Å². The van der Waals surface area contributed by atoms with E-state index in [1.807, 2.05) is 30.3 Å². The van der Waals surface area contributed by atoms with E-state index in [2.05, 4.69) is 33.4 Å². The van der Waals surface area contributed by atoms with Crippen LogP contribution in [0, 0.1) is 0 Å². The highest BCUT2D eigenvalue weighted by atomic mass is 32.1. The fourth-order valence-electron chi connectivity index (χ4n) is 1.86. The van der Waals surface area contributed by atoms with Crippen molar-refractivity contribution in [3.63, 3.8) is 0 Å². The Labute approximate surface area is 118 Å². The lowest BCUT2D eigenvalue weighted by molar-refractivity contribution is 0.316. The highest BCUT2D eigenvalue weighted by Crippen LogP contribution is 2.20. The molecule has 0 bridgehead atoms. The van der Waals surface area contributed by atoms with Crippen LogP contribution in [0.15, 0.2) is 30.3 Å². The minimum atomic E-state index is 0.802. The van der Waals surface area contributed by atoms with Gasteiger partial charge in [-0.1, -0.05) is 44.2 Å². The van der Waals surface area contributed by atoms with Crippen molar-refractivity contribution in [2.45, 2.75) is 13.8 Å². The zero-order valence-corrected chi connectivity index (χ0v) is 12.3. The summed E-state index contributed by atoms with van der Waals surface area (Å²) in [4.78, 5) is 6.89. The van der Waals surface area contributed by atoms with Crippen molar-refractivity contribution in [1.82, 2.24) is 14.3 Å². The molecule has 0 saturated carbocycles. The molecule has 1 aromatic heterocycles. The molecule has 19 heavy (non-hydrogen) atoms. The fraction of sp³-hybridized carbons (Fsp3) is 0.429. The molecule has 5 heteroatoms. The van der Waals surface area contributed by atoms with Gasteiger partial charge in [-0.25, -0.2) is 0 Å². The summed E-state index contributed by atoms with van der Waals surface area (Å²) in [6.45, 7) is 8.48. The SMILES string of the molecule is CCN(CC)CCNc1nc(-c2ccccc2)ns1. The summed E-state index contributed by atoms with van der Waals surface area (Å²) in [6.07, 6.45) is 0. The molecule has 0 unspecified atom stereocenters. The first-order valence-electron chi connectivity index (χ1n) is 6.68.